The fourth-order valence-electron chi connectivity index (χ4n) is 1.77. The van der Waals surface area contributed by atoms with E-state index >= 15 is 0 Å². The zero-order valence-electron chi connectivity index (χ0n) is 14.1. The van der Waals surface area contributed by atoms with E-state index in [1.807, 2.05) is 6.92 Å². The normalized spacial score (nSPS) is 10.9. The topological polar surface area (TPSA) is 88.7 Å². The van der Waals surface area contributed by atoms with Crippen molar-refractivity contribution in [1.82, 2.24) is 10.6 Å². The van der Waals surface area contributed by atoms with Crippen LogP contribution in [-0.2, 0) is 4.74 Å². The van der Waals surface area contributed by atoms with Crippen LogP contribution >= 0.6 is 24.0 Å². The highest BCUT2D eigenvalue weighted by atomic mass is 127. The molecule has 0 atom stereocenters. The van der Waals surface area contributed by atoms with Crippen LogP contribution in [0.4, 0.5) is 4.39 Å². The van der Waals surface area contributed by atoms with Gasteiger partial charge in [-0.25, -0.2) is 4.39 Å². The van der Waals surface area contributed by atoms with E-state index < -0.39 is 0 Å². The standard InChI is InChI=1S/C16H25FN4O2.HI/c1-3-23-10-4-7-20-16(18)21-9-8-19-15(22)13-6-5-12(2)14(17)11-13;/h5-6,11H,3-4,7-10H2,1-2H3,(H,19,22)(H3,18,20,21);1H. The monoisotopic (exact) mass is 452 g/mol. The number of benzene rings is 1. The molecule has 1 rings (SSSR count). The summed E-state index contributed by atoms with van der Waals surface area (Å²) in [4.78, 5) is 16.0. The summed E-state index contributed by atoms with van der Waals surface area (Å²) in [5.41, 5.74) is 6.50. The molecule has 136 valence electrons. The third-order valence-corrected chi connectivity index (χ3v) is 3.08. The van der Waals surface area contributed by atoms with E-state index in [0.717, 1.165) is 6.42 Å². The Hall–Kier alpha value is -1.42. The lowest BCUT2D eigenvalue weighted by Crippen LogP contribution is -2.38. The molecular formula is C16H26FIN4O2. The molecule has 0 saturated heterocycles. The molecule has 0 aliphatic carbocycles. The van der Waals surface area contributed by atoms with Gasteiger partial charge in [-0.3, -0.25) is 9.79 Å². The van der Waals surface area contributed by atoms with Crippen molar-refractivity contribution in [2.24, 2.45) is 10.7 Å². The highest BCUT2D eigenvalue weighted by Gasteiger charge is 2.07. The number of aliphatic imine (C=N–C) groups is 1. The molecule has 1 aromatic rings. The Morgan fingerprint density at radius 1 is 1.33 bits per heavy atom. The first-order chi connectivity index (χ1) is 11.0. The number of nitrogens with zero attached hydrogens (tertiary/aromatic N) is 1. The molecule has 0 aliphatic rings. The number of halogens is 2. The number of carbonyl (C=O) groups is 1. The Morgan fingerprint density at radius 3 is 2.71 bits per heavy atom. The smallest absolute Gasteiger partial charge is 0.251 e. The van der Waals surface area contributed by atoms with Crippen LogP contribution in [0, 0.1) is 12.7 Å². The lowest BCUT2D eigenvalue weighted by Gasteiger charge is -2.08. The Morgan fingerprint density at radius 2 is 2.04 bits per heavy atom. The number of nitrogens with one attached hydrogen (secondary N) is 2. The van der Waals surface area contributed by atoms with Crippen LogP contribution in [0.2, 0.25) is 0 Å². The van der Waals surface area contributed by atoms with E-state index in [0.29, 0.717) is 49.9 Å². The zero-order valence-corrected chi connectivity index (χ0v) is 16.4. The van der Waals surface area contributed by atoms with E-state index in [-0.39, 0.29) is 35.7 Å². The van der Waals surface area contributed by atoms with Crippen molar-refractivity contribution in [3.8, 4) is 0 Å². The second-order valence-corrected chi connectivity index (χ2v) is 4.96. The van der Waals surface area contributed by atoms with Gasteiger partial charge in [0.05, 0.1) is 0 Å². The van der Waals surface area contributed by atoms with Gasteiger partial charge >= 0.3 is 0 Å². The first-order valence-electron chi connectivity index (χ1n) is 7.70. The number of amides is 1. The summed E-state index contributed by atoms with van der Waals surface area (Å²) in [6.45, 7) is 6.35. The van der Waals surface area contributed by atoms with Crippen molar-refractivity contribution in [2.75, 3.05) is 32.8 Å². The number of carbonyl (C=O) groups excluding carboxylic acids is 1. The van der Waals surface area contributed by atoms with Gasteiger partial charge in [0.2, 0.25) is 0 Å². The Balaban J connectivity index is 0.00000529. The SMILES string of the molecule is CCOCCCN=C(N)NCCNC(=O)c1ccc(C)c(F)c1.I. The molecule has 8 heteroatoms. The fourth-order valence-corrected chi connectivity index (χ4v) is 1.77. The molecule has 6 nitrogen and oxygen atoms in total. The average Bonchev–Trinajstić information content (AvgIpc) is 2.53. The molecule has 0 unspecified atom stereocenters. The lowest BCUT2D eigenvalue weighted by atomic mass is 10.1. The average molecular weight is 452 g/mol. The molecule has 24 heavy (non-hydrogen) atoms. The largest absolute Gasteiger partial charge is 0.382 e. The molecule has 0 heterocycles. The van der Waals surface area contributed by atoms with Crippen LogP contribution in [0.5, 0.6) is 0 Å². The lowest BCUT2D eigenvalue weighted by molar-refractivity contribution is 0.0954. The highest BCUT2D eigenvalue weighted by molar-refractivity contribution is 14.0. The Kier molecular flexibility index (Phi) is 12.2. The van der Waals surface area contributed by atoms with Gasteiger partial charge in [-0.2, -0.15) is 0 Å². The molecule has 0 spiro atoms. The minimum absolute atomic E-state index is 0. The maximum absolute atomic E-state index is 13.4. The van der Waals surface area contributed by atoms with Crippen LogP contribution in [0.25, 0.3) is 0 Å². The van der Waals surface area contributed by atoms with Crippen LogP contribution in [-0.4, -0.2) is 44.7 Å². The number of aryl methyl sites for hydroxylation is 1. The minimum Gasteiger partial charge on any atom is -0.382 e. The van der Waals surface area contributed by atoms with Crippen LogP contribution in [0.15, 0.2) is 23.2 Å². The van der Waals surface area contributed by atoms with Gasteiger partial charge in [0.1, 0.15) is 5.82 Å². The second-order valence-electron chi connectivity index (χ2n) is 4.96. The number of guanidine groups is 1. The molecular weight excluding hydrogens is 426 g/mol. The second kappa shape index (κ2) is 12.9. The van der Waals surface area contributed by atoms with Crippen molar-refractivity contribution in [3.05, 3.63) is 35.1 Å². The number of hydrogen-bond acceptors (Lipinski definition) is 3. The van der Waals surface area contributed by atoms with Gasteiger partial charge in [0.15, 0.2) is 5.96 Å². The first-order valence-corrected chi connectivity index (χ1v) is 7.70. The molecule has 0 aromatic heterocycles. The van der Waals surface area contributed by atoms with Gasteiger partial charge in [-0.05, 0) is 38.0 Å². The Labute approximate surface area is 159 Å². The Bertz CT molecular complexity index is 541. The van der Waals surface area contributed by atoms with Crippen molar-refractivity contribution in [1.29, 1.82) is 0 Å². The van der Waals surface area contributed by atoms with Gasteiger partial charge < -0.3 is 21.1 Å². The fraction of sp³-hybridized carbons (Fsp3) is 0.500. The zero-order chi connectivity index (χ0) is 17.1. The third-order valence-electron chi connectivity index (χ3n) is 3.08. The van der Waals surface area contributed by atoms with Crippen LogP contribution in [0.1, 0.15) is 29.3 Å². The van der Waals surface area contributed by atoms with Crippen molar-refractivity contribution in [3.63, 3.8) is 0 Å². The van der Waals surface area contributed by atoms with E-state index in [1.165, 1.54) is 6.07 Å². The van der Waals surface area contributed by atoms with E-state index in [4.69, 9.17) is 10.5 Å². The summed E-state index contributed by atoms with van der Waals surface area (Å²) in [6.07, 6.45) is 0.811. The number of ether oxygens (including phenoxy) is 1. The van der Waals surface area contributed by atoms with Crippen LogP contribution in [0.3, 0.4) is 0 Å². The number of nitrogens with two attached hydrogens (primary N) is 1. The molecule has 0 radical (unpaired) electrons. The molecule has 0 fully saturated rings. The van der Waals surface area contributed by atoms with E-state index in [1.54, 1.807) is 19.1 Å². The van der Waals surface area contributed by atoms with Crippen molar-refractivity contribution in [2.45, 2.75) is 20.3 Å². The predicted octanol–water partition coefficient (Wildman–Crippen LogP) is 1.81. The number of rotatable bonds is 9. The van der Waals surface area contributed by atoms with Gasteiger partial charge in [0.25, 0.3) is 5.91 Å². The van der Waals surface area contributed by atoms with Crippen molar-refractivity contribution >= 4 is 35.8 Å². The highest BCUT2D eigenvalue weighted by Crippen LogP contribution is 2.08. The van der Waals surface area contributed by atoms with Gasteiger partial charge in [0, 0.05) is 38.4 Å². The molecule has 1 amide bonds. The predicted molar refractivity (Wildman–Crippen MR) is 104 cm³/mol. The van der Waals surface area contributed by atoms with E-state index in [9.17, 15) is 9.18 Å². The maximum Gasteiger partial charge on any atom is 0.251 e. The minimum atomic E-state index is -0.390. The van der Waals surface area contributed by atoms with Gasteiger partial charge in [-0.15, -0.1) is 24.0 Å². The molecule has 0 saturated carbocycles. The summed E-state index contributed by atoms with van der Waals surface area (Å²) in [5, 5.41) is 5.59. The molecule has 0 aliphatic heterocycles. The summed E-state index contributed by atoms with van der Waals surface area (Å²) >= 11 is 0. The van der Waals surface area contributed by atoms with E-state index in [2.05, 4.69) is 15.6 Å². The maximum atomic E-state index is 13.4. The molecule has 1 aromatic carbocycles. The summed E-state index contributed by atoms with van der Waals surface area (Å²) in [5.74, 6) is -0.380. The number of hydrogen-bond donors (Lipinski definition) is 3. The summed E-state index contributed by atoms with van der Waals surface area (Å²) in [7, 11) is 0. The molecule has 4 N–H and O–H groups in total. The summed E-state index contributed by atoms with van der Waals surface area (Å²) < 4.78 is 18.6. The van der Waals surface area contributed by atoms with Gasteiger partial charge in [-0.1, -0.05) is 6.07 Å². The summed E-state index contributed by atoms with van der Waals surface area (Å²) in [6, 6.07) is 4.40. The quantitative estimate of drug-likeness (QED) is 0.231. The first kappa shape index (κ1) is 22.6. The molecule has 0 bridgehead atoms. The van der Waals surface area contributed by atoms with Crippen molar-refractivity contribution < 1.29 is 13.9 Å². The van der Waals surface area contributed by atoms with Crippen LogP contribution < -0.4 is 16.4 Å². The third kappa shape index (κ3) is 9.02.